The van der Waals surface area contributed by atoms with Crippen LogP contribution in [-0.4, -0.2) is 16.0 Å². The molecule has 0 spiro atoms. The highest BCUT2D eigenvalue weighted by atomic mass is 32.2. The van der Waals surface area contributed by atoms with Crippen LogP contribution in [0.3, 0.4) is 0 Å². The third kappa shape index (κ3) is 2.46. The van der Waals surface area contributed by atoms with Gasteiger partial charge in [-0.3, -0.25) is 0 Å². The zero-order valence-corrected chi connectivity index (χ0v) is 11.8. The fourth-order valence-electron chi connectivity index (χ4n) is 2.19. The molecular weight excluding hydrogens is 278 g/mol. The second-order valence-corrected chi connectivity index (χ2v) is 6.56. The molecule has 0 atom stereocenters. The topological polar surface area (TPSA) is 71.5 Å². The van der Waals surface area contributed by atoms with Crippen LogP contribution in [0.4, 0.5) is 0 Å². The fourth-order valence-corrected chi connectivity index (χ4v) is 4.00. The maximum atomic E-state index is 8.92. The van der Waals surface area contributed by atoms with Crippen molar-refractivity contribution in [2.24, 2.45) is 10.9 Å². The first kappa shape index (κ1) is 12.5. The van der Waals surface area contributed by atoms with Crippen LogP contribution in [0.25, 0.3) is 0 Å². The number of pyridine rings is 1. The van der Waals surface area contributed by atoms with Gasteiger partial charge in [-0.1, -0.05) is 23.0 Å². The van der Waals surface area contributed by atoms with Gasteiger partial charge in [0.25, 0.3) is 0 Å². The Kier molecular flexibility index (Phi) is 3.44. The summed E-state index contributed by atoms with van der Waals surface area (Å²) in [6.07, 6.45) is 3.17. The summed E-state index contributed by atoms with van der Waals surface area (Å²) in [5.74, 6) is 0.126. The highest BCUT2D eigenvalue weighted by Crippen LogP contribution is 2.34. The minimum Gasteiger partial charge on any atom is -0.409 e. The van der Waals surface area contributed by atoms with Crippen LogP contribution in [0.15, 0.2) is 38.0 Å². The van der Waals surface area contributed by atoms with E-state index in [1.54, 1.807) is 23.1 Å². The van der Waals surface area contributed by atoms with Gasteiger partial charge < -0.3 is 10.9 Å². The summed E-state index contributed by atoms with van der Waals surface area (Å²) in [5.41, 5.74) is 8.86. The fraction of sp³-hybridized carbons (Fsp3) is 0.231. The molecule has 0 bridgehead atoms. The van der Waals surface area contributed by atoms with Crippen LogP contribution in [-0.2, 0) is 12.8 Å². The van der Waals surface area contributed by atoms with E-state index in [0.717, 1.165) is 39.8 Å². The molecule has 2 aromatic rings. The number of rotatable bonds is 3. The van der Waals surface area contributed by atoms with Gasteiger partial charge in [-0.15, -0.1) is 11.3 Å². The average Bonchev–Trinajstić information content (AvgIpc) is 3.07. The lowest BCUT2D eigenvalue weighted by molar-refractivity contribution is 0.318. The van der Waals surface area contributed by atoms with Crippen LogP contribution in [0.2, 0.25) is 0 Å². The van der Waals surface area contributed by atoms with Crippen LogP contribution < -0.4 is 5.73 Å². The second kappa shape index (κ2) is 5.22. The molecule has 0 saturated heterocycles. The van der Waals surface area contributed by atoms with Gasteiger partial charge in [-0.2, -0.15) is 0 Å². The summed E-state index contributed by atoms with van der Waals surface area (Å²) in [6, 6.07) is 6.06. The number of nitrogens with two attached hydrogens (primary N) is 1. The summed E-state index contributed by atoms with van der Waals surface area (Å²) in [4.78, 5) is 4.69. The Morgan fingerprint density at radius 2 is 2.37 bits per heavy atom. The van der Waals surface area contributed by atoms with Crippen LogP contribution >= 0.6 is 23.1 Å². The van der Waals surface area contributed by atoms with Gasteiger partial charge in [0, 0.05) is 5.69 Å². The van der Waals surface area contributed by atoms with Crippen molar-refractivity contribution in [1.82, 2.24) is 4.98 Å². The maximum Gasteiger partial charge on any atom is 0.172 e. The van der Waals surface area contributed by atoms with E-state index >= 15 is 0 Å². The molecule has 2 heterocycles. The molecule has 6 heteroatoms. The van der Waals surface area contributed by atoms with Gasteiger partial charge in [-0.05, 0) is 42.3 Å². The summed E-state index contributed by atoms with van der Waals surface area (Å²) in [6.45, 7) is 0. The van der Waals surface area contributed by atoms with Crippen molar-refractivity contribution >= 4 is 28.9 Å². The van der Waals surface area contributed by atoms with Crippen molar-refractivity contribution in [3.63, 3.8) is 0 Å². The molecular formula is C13H13N3OS2. The first-order valence-corrected chi connectivity index (χ1v) is 7.69. The zero-order valence-electron chi connectivity index (χ0n) is 10.2. The smallest absolute Gasteiger partial charge is 0.172 e. The highest BCUT2D eigenvalue weighted by Gasteiger charge is 2.19. The highest BCUT2D eigenvalue weighted by molar-refractivity contribution is 8.01. The molecule has 3 rings (SSSR count). The van der Waals surface area contributed by atoms with E-state index in [1.807, 2.05) is 23.6 Å². The molecule has 0 radical (unpaired) electrons. The summed E-state index contributed by atoms with van der Waals surface area (Å²) in [5, 5.41) is 14.9. The molecule has 4 nitrogen and oxygen atoms in total. The molecule has 0 fully saturated rings. The molecule has 98 valence electrons. The largest absolute Gasteiger partial charge is 0.409 e. The van der Waals surface area contributed by atoms with E-state index in [4.69, 9.17) is 15.9 Å². The lowest BCUT2D eigenvalue weighted by Crippen LogP contribution is -2.16. The number of fused-ring (bicyclic) bond motifs is 1. The lowest BCUT2D eigenvalue weighted by atomic mass is 10.1. The van der Waals surface area contributed by atoms with Gasteiger partial charge >= 0.3 is 0 Å². The molecule has 2 aromatic heterocycles. The Bertz CT molecular complexity index is 623. The number of hydrogen-bond donors (Lipinski definition) is 2. The number of nitrogens with zero attached hydrogens (tertiary/aromatic N) is 2. The minimum absolute atomic E-state index is 0.126. The van der Waals surface area contributed by atoms with Crippen molar-refractivity contribution in [2.45, 2.75) is 28.5 Å². The number of hydrogen-bond acceptors (Lipinski definition) is 5. The summed E-state index contributed by atoms with van der Waals surface area (Å²) in [7, 11) is 0. The molecule has 0 aromatic carbocycles. The molecule has 1 aliphatic carbocycles. The number of thiophene rings is 1. The standard InChI is InChI=1S/C13H13N3OS2/c14-12(16-17)9-7-8-3-1-4-10(8)15-13(9)19-11-5-2-6-18-11/h2,5-7,17H,1,3-4H2,(H2,14,16). The SMILES string of the molecule is NC(=NO)c1cc2c(nc1Sc1cccs1)CCC2. The molecule has 0 amide bonds. The number of oxime groups is 1. The van der Waals surface area contributed by atoms with E-state index in [1.165, 1.54) is 5.56 Å². The Hall–Kier alpha value is -1.53. The summed E-state index contributed by atoms with van der Waals surface area (Å²) < 4.78 is 1.15. The Morgan fingerprint density at radius 3 is 3.11 bits per heavy atom. The third-order valence-electron chi connectivity index (χ3n) is 3.09. The molecule has 3 N–H and O–H groups in total. The van der Waals surface area contributed by atoms with E-state index in [-0.39, 0.29) is 5.84 Å². The van der Waals surface area contributed by atoms with E-state index in [0.29, 0.717) is 0 Å². The molecule has 0 aliphatic heterocycles. The van der Waals surface area contributed by atoms with Crippen molar-refractivity contribution < 1.29 is 5.21 Å². The number of amidine groups is 1. The lowest BCUT2D eigenvalue weighted by Gasteiger charge is -2.09. The monoisotopic (exact) mass is 291 g/mol. The van der Waals surface area contributed by atoms with Gasteiger partial charge in [0.2, 0.25) is 0 Å². The Morgan fingerprint density at radius 1 is 1.47 bits per heavy atom. The molecule has 1 aliphatic rings. The quantitative estimate of drug-likeness (QED) is 0.395. The number of aryl methyl sites for hydroxylation is 2. The zero-order chi connectivity index (χ0) is 13.2. The van der Waals surface area contributed by atoms with Crippen molar-refractivity contribution in [1.29, 1.82) is 0 Å². The molecule has 19 heavy (non-hydrogen) atoms. The van der Waals surface area contributed by atoms with Crippen LogP contribution in [0, 0.1) is 0 Å². The van der Waals surface area contributed by atoms with Crippen molar-refractivity contribution in [2.75, 3.05) is 0 Å². The first-order chi connectivity index (χ1) is 9.28. The number of aromatic nitrogens is 1. The van der Waals surface area contributed by atoms with Crippen molar-refractivity contribution in [3.8, 4) is 0 Å². The minimum atomic E-state index is 0.126. The first-order valence-electron chi connectivity index (χ1n) is 6.00. The van der Waals surface area contributed by atoms with Gasteiger partial charge in [0.05, 0.1) is 9.77 Å². The predicted octanol–water partition coefficient (Wildman–Crippen LogP) is 2.88. The second-order valence-electron chi connectivity index (χ2n) is 4.32. The Labute approximate surface area is 119 Å². The van der Waals surface area contributed by atoms with E-state index in [9.17, 15) is 0 Å². The third-order valence-corrected chi connectivity index (χ3v) is 5.13. The normalized spacial score (nSPS) is 14.6. The average molecular weight is 291 g/mol. The molecule has 0 unspecified atom stereocenters. The van der Waals surface area contributed by atoms with E-state index in [2.05, 4.69) is 5.16 Å². The van der Waals surface area contributed by atoms with Crippen LogP contribution in [0.5, 0.6) is 0 Å². The predicted molar refractivity (Wildman–Crippen MR) is 77.2 cm³/mol. The summed E-state index contributed by atoms with van der Waals surface area (Å²) >= 11 is 3.22. The van der Waals surface area contributed by atoms with Crippen molar-refractivity contribution in [3.05, 3.63) is 40.4 Å². The maximum absolute atomic E-state index is 8.92. The van der Waals surface area contributed by atoms with Gasteiger partial charge in [0.1, 0.15) is 5.03 Å². The van der Waals surface area contributed by atoms with Gasteiger partial charge in [0.15, 0.2) is 5.84 Å². The van der Waals surface area contributed by atoms with E-state index < -0.39 is 0 Å². The Balaban J connectivity index is 2.05. The van der Waals surface area contributed by atoms with Crippen LogP contribution in [0.1, 0.15) is 23.2 Å². The molecule has 0 saturated carbocycles. The van der Waals surface area contributed by atoms with Gasteiger partial charge in [-0.25, -0.2) is 4.98 Å².